The van der Waals surface area contributed by atoms with Gasteiger partial charge in [0.1, 0.15) is 19.8 Å². The van der Waals surface area contributed by atoms with E-state index in [-0.39, 0.29) is 37.5 Å². The van der Waals surface area contributed by atoms with Crippen molar-refractivity contribution in [1.29, 1.82) is 0 Å². The Balaban J connectivity index is 1.69. The molecule has 0 spiro atoms. The van der Waals surface area contributed by atoms with Crippen LogP contribution in [0.4, 0.5) is 5.69 Å². The van der Waals surface area contributed by atoms with Crippen LogP contribution < -0.4 is 4.90 Å². The van der Waals surface area contributed by atoms with Crippen molar-refractivity contribution in [3.8, 4) is 0 Å². The first-order valence-corrected chi connectivity index (χ1v) is 9.96. The molecule has 29 heavy (non-hydrogen) atoms. The SMILES string of the molecule is CCCN(CC(=O)N1CC(=O)N(c2cccc(Cl)c2)C1)C(=O)c1ccc(C)cc1. The first-order valence-electron chi connectivity index (χ1n) is 9.58. The number of rotatable bonds is 6. The number of hydrogen-bond acceptors (Lipinski definition) is 3. The molecule has 0 saturated carbocycles. The molecule has 1 heterocycles. The van der Waals surface area contributed by atoms with Crippen molar-refractivity contribution in [1.82, 2.24) is 9.80 Å². The average molecular weight is 414 g/mol. The standard InChI is InChI=1S/C22H24ClN3O3/c1-3-11-24(22(29)17-9-7-16(2)8-10-17)13-20(27)25-14-21(28)26(15-25)19-6-4-5-18(23)12-19/h4-10,12H,3,11,13-15H2,1-2H3. The van der Waals surface area contributed by atoms with E-state index < -0.39 is 0 Å². The second-order valence-corrected chi connectivity index (χ2v) is 7.56. The van der Waals surface area contributed by atoms with Gasteiger partial charge in [0.05, 0.1) is 0 Å². The predicted molar refractivity (Wildman–Crippen MR) is 113 cm³/mol. The number of anilines is 1. The maximum Gasteiger partial charge on any atom is 0.254 e. The number of amides is 3. The topological polar surface area (TPSA) is 60.9 Å². The van der Waals surface area contributed by atoms with Gasteiger partial charge in [0.25, 0.3) is 5.91 Å². The summed E-state index contributed by atoms with van der Waals surface area (Å²) in [6.45, 7) is 4.47. The minimum Gasteiger partial charge on any atom is -0.329 e. The third-order valence-corrected chi connectivity index (χ3v) is 5.05. The molecule has 0 atom stereocenters. The van der Waals surface area contributed by atoms with Crippen LogP contribution in [0, 0.1) is 6.92 Å². The van der Waals surface area contributed by atoms with Gasteiger partial charge in [-0.15, -0.1) is 0 Å². The third kappa shape index (κ3) is 4.95. The van der Waals surface area contributed by atoms with E-state index >= 15 is 0 Å². The van der Waals surface area contributed by atoms with Gasteiger partial charge in [0, 0.05) is 22.8 Å². The molecule has 3 amide bonds. The molecule has 152 valence electrons. The number of nitrogens with zero attached hydrogens (tertiary/aromatic N) is 3. The summed E-state index contributed by atoms with van der Waals surface area (Å²) >= 11 is 6.01. The van der Waals surface area contributed by atoms with Gasteiger partial charge < -0.3 is 9.80 Å². The summed E-state index contributed by atoms with van der Waals surface area (Å²) < 4.78 is 0. The highest BCUT2D eigenvalue weighted by Crippen LogP contribution is 2.23. The molecule has 2 aromatic rings. The second-order valence-electron chi connectivity index (χ2n) is 7.13. The van der Waals surface area contributed by atoms with Crippen LogP contribution in [-0.2, 0) is 9.59 Å². The van der Waals surface area contributed by atoms with Crippen molar-refractivity contribution in [3.05, 3.63) is 64.7 Å². The lowest BCUT2D eigenvalue weighted by atomic mass is 10.1. The molecule has 3 rings (SSSR count). The van der Waals surface area contributed by atoms with Crippen LogP contribution in [0.2, 0.25) is 5.02 Å². The first-order chi connectivity index (χ1) is 13.9. The monoisotopic (exact) mass is 413 g/mol. The van der Waals surface area contributed by atoms with Crippen LogP contribution in [0.5, 0.6) is 0 Å². The average Bonchev–Trinajstić information content (AvgIpc) is 3.09. The van der Waals surface area contributed by atoms with E-state index in [2.05, 4.69) is 0 Å². The molecule has 0 unspecified atom stereocenters. The molecule has 7 heteroatoms. The zero-order valence-electron chi connectivity index (χ0n) is 16.6. The van der Waals surface area contributed by atoms with Gasteiger partial charge >= 0.3 is 0 Å². The van der Waals surface area contributed by atoms with Gasteiger partial charge in [-0.05, 0) is 43.7 Å². The Morgan fingerprint density at radius 3 is 2.52 bits per heavy atom. The van der Waals surface area contributed by atoms with Gasteiger partial charge in [-0.1, -0.05) is 42.3 Å². The predicted octanol–water partition coefficient (Wildman–Crippen LogP) is 3.33. The fourth-order valence-electron chi connectivity index (χ4n) is 3.25. The Labute approximate surface area is 175 Å². The molecule has 0 radical (unpaired) electrons. The lowest BCUT2D eigenvalue weighted by Gasteiger charge is -2.25. The third-order valence-electron chi connectivity index (χ3n) is 4.82. The first kappa shape index (κ1) is 20.9. The molecule has 1 aliphatic heterocycles. The molecule has 1 fully saturated rings. The maximum atomic E-state index is 12.8. The van der Waals surface area contributed by atoms with Crippen LogP contribution in [0.15, 0.2) is 48.5 Å². The molecule has 0 aromatic heterocycles. The highest BCUT2D eigenvalue weighted by Gasteiger charge is 2.33. The summed E-state index contributed by atoms with van der Waals surface area (Å²) in [5.74, 6) is -0.610. The van der Waals surface area contributed by atoms with E-state index in [9.17, 15) is 14.4 Å². The number of carbonyl (C=O) groups excluding carboxylic acids is 3. The highest BCUT2D eigenvalue weighted by molar-refractivity contribution is 6.31. The number of benzene rings is 2. The summed E-state index contributed by atoms with van der Waals surface area (Å²) in [6.07, 6.45) is 0.735. The Hall–Kier alpha value is -2.86. The van der Waals surface area contributed by atoms with Gasteiger partial charge in [-0.3, -0.25) is 19.3 Å². The molecule has 0 bridgehead atoms. The van der Waals surface area contributed by atoms with E-state index in [4.69, 9.17) is 11.6 Å². The molecule has 0 N–H and O–H groups in total. The summed E-state index contributed by atoms with van der Waals surface area (Å²) in [6, 6.07) is 14.3. The quantitative estimate of drug-likeness (QED) is 0.729. The highest BCUT2D eigenvalue weighted by atomic mass is 35.5. The fraction of sp³-hybridized carbons (Fsp3) is 0.318. The summed E-state index contributed by atoms with van der Waals surface area (Å²) in [5, 5.41) is 0.526. The maximum absolute atomic E-state index is 12.8. The smallest absolute Gasteiger partial charge is 0.254 e. The zero-order chi connectivity index (χ0) is 21.0. The lowest BCUT2D eigenvalue weighted by molar-refractivity contribution is -0.132. The minimum atomic E-state index is -0.253. The molecule has 1 aliphatic rings. The van der Waals surface area contributed by atoms with Crippen molar-refractivity contribution < 1.29 is 14.4 Å². The van der Waals surface area contributed by atoms with E-state index in [1.54, 1.807) is 41.3 Å². The lowest BCUT2D eigenvalue weighted by Crippen LogP contribution is -2.43. The number of carbonyl (C=O) groups is 3. The second kappa shape index (κ2) is 9.09. The van der Waals surface area contributed by atoms with Crippen LogP contribution in [0.3, 0.4) is 0 Å². The van der Waals surface area contributed by atoms with Crippen molar-refractivity contribution in [2.75, 3.05) is 31.2 Å². The molecular formula is C22H24ClN3O3. The van der Waals surface area contributed by atoms with Gasteiger partial charge in [-0.25, -0.2) is 0 Å². The summed E-state index contributed by atoms with van der Waals surface area (Å²) in [5.41, 5.74) is 2.27. The summed E-state index contributed by atoms with van der Waals surface area (Å²) in [4.78, 5) is 42.6. The largest absolute Gasteiger partial charge is 0.329 e. The normalized spacial score (nSPS) is 13.7. The van der Waals surface area contributed by atoms with Crippen molar-refractivity contribution >= 4 is 35.0 Å². The van der Waals surface area contributed by atoms with Crippen LogP contribution in [0.1, 0.15) is 29.3 Å². The van der Waals surface area contributed by atoms with Crippen LogP contribution in [0.25, 0.3) is 0 Å². The van der Waals surface area contributed by atoms with Gasteiger partial charge in [0.2, 0.25) is 11.8 Å². The molecule has 0 aliphatic carbocycles. The Kier molecular flexibility index (Phi) is 6.54. The van der Waals surface area contributed by atoms with Gasteiger partial charge in [0.15, 0.2) is 0 Å². The Morgan fingerprint density at radius 1 is 1.14 bits per heavy atom. The summed E-state index contributed by atoms with van der Waals surface area (Å²) in [7, 11) is 0. The molecule has 1 saturated heterocycles. The van der Waals surface area contributed by atoms with Crippen molar-refractivity contribution in [3.63, 3.8) is 0 Å². The number of hydrogen-bond donors (Lipinski definition) is 0. The van der Waals surface area contributed by atoms with E-state index in [0.717, 1.165) is 12.0 Å². The van der Waals surface area contributed by atoms with Crippen LogP contribution >= 0.6 is 11.6 Å². The van der Waals surface area contributed by atoms with Crippen LogP contribution in [-0.4, -0.2) is 53.8 Å². The molecule has 6 nitrogen and oxygen atoms in total. The minimum absolute atomic E-state index is 0.00989. The molecular weight excluding hydrogens is 390 g/mol. The number of aryl methyl sites for hydroxylation is 1. The van der Waals surface area contributed by atoms with Crippen molar-refractivity contribution in [2.45, 2.75) is 20.3 Å². The van der Waals surface area contributed by atoms with E-state index in [1.165, 1.54) is 9.80 Å². The zero-order valence-corrected chi connectivity index (χ0v) is 17.4. The van der Waals surface area contributed by atoms with Gasteiger partial charge in [-0.2, -0.15) is 0 Å². The molecule has 2 aromatic carbocycles. The van der Waals surface area contributed by atoms with Crippen molar-refractivity contribution in [2.24, 2.45) is 0 Å². The Morgan fingerprint density at radius 2 is 1.86 bits per heavy atom. The fourth-order valence-corrected chi connectivity index (χ4v) is 3.43. The van der Waals surface area contributed by atoms with E-state index in [0.29, 0.717) is 22.8 Å². The Bertz CT molecular complexity index is 914. The number of halogens is 1. The van der Waals surface area contributed by atoms with E-state index in [1.807, 2.05) is 26.0 Å².